The maximum atomic E-state index is 12.2. The third-order valence-corrected chi connectivity index (χ3v) is 4.23. The van der Waals surface area contributed by atoms with E-state index in [0.717, 1.165) is 24.8 Å². The summed E-state index contributed by atoms with van der Waals surface area (Å²) in [5, 5.41) is 21.3. The number of rotatable bonds is 5. The molecule has 0 aromatic heterocycles. The first-order chi connectivity index (χ1) is 11.0. The van der Waals surface area contributed by atoms with Gasteiger partial charge < -0.3 is 20.4 Å². The summed E-state index contributed by atoms with van der Waals surface area (Å²) in [5.74, 6) is -1.04. The van der Waals surface area contributed by atoms with E-state index in [1.54, 1.807) is 17.0 Å². The summed E-state index contributed by atoms with van der Waals surface area (Å²) in [6, 6.07) is 6.85. The summed E-state index contributed by atoms with van der Waals surface area (Å²) in [7, 11) is 0. The first-order valence-electron chi connectivity index (χ1n) is 8.02. The number of carbonyl (C=O) groups excluding carboxylic acids is 1. The van der Waals surface area contributed by atoms with Gasteiger partial charge in [-0.15, -0.1) is 0 Å². The van der Waals surface area contributed by atoms with Crippen LogP contribution in [0.5, 0.6) is 5.75 Å². The second-order valence-corrected chi connectivity index (χ2v) is 6.18. The van der Waals surface area contributed by atoms with Crippen molar-refractivity contribution in [2.75, 3.05) is 13.1 Å². The number of hydrogen-bond donors (Lipinski definition) is 3. The van der Waals surface area contributed by atoms with Gasteiger partial charge in [0.2, 0.25) is 0 Å². The molecule has 1 aliphatic heterocycles. The fourth-order valence-electron chi connectivity index (χ4n) is 2.78. The highest BCUT2D eigenvalue weighted by Gasteiger charge is 2.28. The van der Waals surface area contributed by atoms with Crippen molar-refractivity contribution in [3.63, 3.8) is 0 Å². The van der Waals surface area contributed by atoms with E-state index in [1.807, 2.05) is 19.1 Å². The van der Waals surface area contributed by atoms with Crippen LogP contribution in [0, 0.1) is 5.92 Å². The van der Waals surface area contributed by atoms with Gasteiger partial charge in [-0.1, -0.05) is 12.1 Å². The number of carbonyl (C=O) groups is 2. The van der Waals surface area contributed by atoms with Gasteiger partial charge in [-0.2, -0.15) is 0 Å². The molecular weight excluding hydrogens is 296 g/mol. The number of phenols is 1. The fraction of sp³-hybridized carbons (Fsp3) is 0.529. The fourth-order valence-corrected chi connectivity index (χ4v) is 2.78. The van der Waals surface area contributed by atoms with E-state index in [-0.39, 0.29) is 24.4 Å². The number of piperidine rings is 1. The van der Waals surface area contributed by atoms with Crippen molar-refractivity contribution in [3.8, 4) is 5.75 Å². The number of amides is 2. The molecule has 2 unspecified atom stereocenters. The minimum atomic E-state index is -0.831. The van der Waals surface area contributed by atoms with Crippen LogP contribution in [-0.4, -0.2) is 46.2 Å². The summed E-state index contributed by atoms with van der Waals surface area (Å²) < 4.78 is 0. The number of nitrogens with one attached hydrogen (secondary N) is 1. The second-order valence-electron chi connectivity index (χ2n) is 6.18. The molecule has 126 valence electrons. The van der Waals surface area contributed by atoms with Crippen molar-refractivity contribution in [1.29, 1.82) is 0 Å². The summed E-state index contributed by atoms with van der Waals surface area (Å²) >= 11 is 0. The third-order valence-electron chi connectivity index (χ3n) is 4.23. The Hall–Kier alpha value is -2.24. The maximum absolute atomic E-state index is 12.2. The smallest absolute Gasteiger partial charge is 0.317 e. The second kappa shape index (κ2) is 7.85. The summed E-state index contributed by atoms with van der Waals surface area (Å²) in [6.07, 6.45) is 2.95. The zero-order chi connectivity index (χ0) is 16.8. The van der Waals surface area contributed by atoms with Crippen LogP contribution in [0.25, 0.3) is 0 Å². The summed E-state index contributed by atoms with van der Waals surface area (Å²) in [5.41, 5.74) is 1.10. The monoisotopic (exact) mass is 320 g/mol. The molecule has 0 bridgehead atoms. The predicted octanol–water partition coefficient (Wildman–Crippen LogP) is 2.22. The highest BCUT2D eigenvalue weighted by atomic mass is 16.4. The molecule has 2 atom stereocenters. The molecule has 23 heavy (non-hydrogen) atoms. The molecule has 3 N–H and O–H groups in total. The molecular formula is C17H24N2O4. The molecule has 0 radical (unpaired) electrons. The summed E-state index contributed by atoms with van der Waals surface area (Å²) in [6.45, 7) is 2.84. The number of urea groups is 1. The molecule has 0 spiro atoms. The maximum Gasteiger partial charge on any atom is 0.317 e. The van der Waals surface area contributed by atoms with Crippen LogP contribution >= 0.6 is 0 Å². The Morgan fingerprint density at radius 3 is 2.70 bits per heavy atom. The largest absolute Gasteiger partial charge is 0.508 e. The third kappa shape index (κ3) is 5.16. The lowest BCUT2D eigenvalue weighted by Gasteiger charge is -2.31. The normalized spacial score (nSPS) is 19.2. The first kappa shape index (κ1) is 17.1. The van der Waals surface area contributed by atoms with Gasteiger partial charge in [0, 0.05) is 19.1 Å². The Labute approximate surface area is 136 Å². The van der Waals surface area contributed by atoms with E-state index >= 15 is 0 Å². The van der Waals surface area contributed by atoms with E-state index in [9.17, 15) is 14.7 Å². The number of likely N-dealkylation sites (tertiary alicyclic amines) is 1. The lowest BCUT2D eigenvalue weighted by molar-refractivity contribution is -0.143. The van der Waals surface area contributed by atoms with E-state index in [0.29, 0.717) is 13.0 Å². The lowest BCUT2D eigenvalue weighted by Crippen LogP contribution is -2.49. The number of hydrogen-bond acceptors (Lipinski definition) is 3. The Morgan fingerprint density at radius 1 is 1.35 bits per heavy atom. The van der Waals surface area contributed by atoms with Crippen LogP contribution in [-0.2, 0) is 11.2 Å². The van der Waals surface area contributed by atoms with Crippen molar-refractivity contribution in [3.05, 3.63) is 29.8 Å². The van der Waals surface area contributed by atoms with Crippen LogP contribution in [0.15, 0.2) is 24.3 Å². The van der Waals surface area contributed by atoms with E-state index < -0.39 is 11.9 Å². The highest BCUT2D eigenvalue weighted by Crippen LogP contribution is 2.17. The topological polar surface area (TPSA) is 89.9 Å². The predicted molar refractivity (Wildman–Crippen MR) is 86.4 cm³/mol. The average molecular weight is 320 g/mol. The average Bonchev–Trinajstić information content (AvgIpc) is 2.54. The minimum Gasteiger partial charge on any atom is -0.508 e. The van der Waals surface area contributed by atoms with Crippen LogP contribution in [0.1, 0.15) is 31.7 Å². The van der Waals surface area contributed by atoms with Crippen LogP contribution in [0.2, 0.25) is 0 Å². The molecule has 2 amide bonds. The van der Waals surface area contributed by atoms with Crippen molar-refractivity contribution < 1.29 is 19.8 Å². The number of phenolic OH excluding ortho intramolecular Hbond substituents is 1. The number of benzene rings is 1. The number of aliphatic carboxylic acids is 1. The molecule has 6 nitrogen and oxygen atoms in total. The van der Waals surface area contributed by atoms with Crippen molar-refractivity contribution >= 4 is 12.0 Å². The van der Waals surface area contributed by atoms with Gasteiger partial charge in [0.25, 0.3) is 0 Å². The zero-order valence-corrected chi connectivity index (χ0v) is 13.4. The van der Waals surface area contributed by atoms with Gasteiger partial charge in [-0.3, -0.25) is 4.79 Å². The lowest BCUT2D eigenvalue weighted by atomic mass is 9.98. The molecule has 2 rings (SSSR count). The van der Waals surface area contributed by atoms with Crippen LogP contribution in [0.4, 0.5) is 4.79 Å². The SMILES string of the molecule is CC(CCc1ccc(O)cc1)NC(=O)N1CCCC(C(=O)O)C1. The Morgan fingerprint density at radius 2 is 2.04 bits per heavy atom. The first-order valence-corrected chi connectivity index (χ1v) is 8.02. The number of nitrogens with zero attached hydrogens (tertiary/aromatic N) is 1. The number of carboxylic acid groups (broad SMARTS) is 1. The van der Waals surface area contributed by atoms with Crippen molar-refractivity contribution in [2.24, 2.45) is 5.92 Å². The van der Waals surface area contributed by atoms with Crippen LogP contribution in [0.3, 0.4) is 0 Å². The molecule has 0 aliphatic carbocycles. The Balaban J connectivity index is 1.77. The summed E-state index contributed by atoms with van der Waals surface area (Å²) in [4.78, 5) is 24.9. The number of aryl methyl sites for hydroxylation is 1. The van der Waals surface area contributed by atoms with Gasteiger partial charge in [0.05, 0.1) is 5.92 Å². The van der Waals surface area contributed by atoms with Gasteiger partial charge >= 0.3 is 12.0 Å². The standard InChI is InChI=1S/C17H24N2O4/c1-12(4-5-13-6-8-15(20)9-7-13)18-17(23)19-10-2-3-14(11-19)16(21)22/h6-9,12,14,20H,2-5,10-11H2,1H3,(H,18,23)(H,21,22). The molecule has 1 aromatic rings. The number of aromatic hydroxyl groups is 1. The number of carboxylic acids is 1. The van der Waals surface area contributed by atoms with Crippen molar-refractivity contribution in [1.82, 2.24) is 10.2 Å². The van der Waals surface area contributed by atoms with Gasteiger partial charge in [0.1, 0.15) is 5.75 Å². The molecule has 1 aliphatic rings. The zero-order valence-electron chi connectivity index (χ0n) is 13.4. The molecule has 0 saturated carbocycles. The van der Waals surface area contributed by atoms with E-state index in [2.05, 4.69) is 5.32 Å². The van der Waals surface area contributed by atoms with E-state index in [1.165, 1.54) is 0 Å². The molecule has 6 heteroatoms. The molecule has 1 heterocycles. The van der Waals surface area contributed by atoms with Gasteiger partial charge in [0.15, 0.2) is 0 Å². The Bertz CT molecular complexity index is 544. The van der Waals surface area contributed by atoms with Gasteiger partial charge in [-0.25, -0.2) is 4.79 Å². The molecule has 1 aromatic carbocycles. The van der Waals surface area contributed by atoms with Gasteiger partial charge in [-0.05, 0) is 50.3 Å². The molecule has 1 saturated heterocycles. The highest BCUT2D eigenvalue weighted by molar-refractivity contribution is 5.76. The van der Waals surface area contributed by atoms with Crippen LogP contribution < -0.4 is 5.32 Å². The van der Waals surface area contributed by atoms with E-state index in [4.69, 9.17) is 5.11 Å². The quantitative estimate of drug-likeness (QED) is 0.776. The molecule has 1 fully saturated rings. The van der Waals surface area contributed by atoms with Crippen molar-refractivity contribution in [2.45, 2.75) is 38.6 Å². The minimum absolute atomic E-state index is 0.00140. The Kier molecular flexibility index (Phi) is 5.84.